The summed E-state index contributed by atoms with van der Waals surface area (Å²) in [5, 5.41) is 54.5. The van der Waals surface area contributed by atoms with Gasteiger partial charge < -0.3 is 46.6 Å². The predicted octanol–water partition coefficient (Wildman–Crippen LogP) is 35.1. The number of rotatable bonds is 96. The number of carboxylic acids is 6. The largest absolute Gasteiger partial charge is 2.00 e. The Hall–Kier alpha value is -2.56. The molecule has 0 radical (unpaired) electrons. The van der Waals surface area contributed by atoms with Crippen LogP contribution in [-0.2, 0) is 48.2 Å². The van der Waals surface area contributed by atoms with Gasteiger partial charge in [-0.05, 0) is 51.4 Å². The van der Waals surface area contributed by atoms with Gasteiger partial charge in [0, 0.05) is 37.6 Å². The number of hydrogen-bond acceptors (Lipinski definition) is 8. The summed E-state index contributed by atoms with van der Waals surface area (Å²) in [6, 6.07) is 0. The molecule has 0 aliphatic rings. The van der Waals surface area contributed by atoms with Crippen molar-refractivity contribution in [2.75, 3.05) is 0 Å². The fraction of sp³-hybridized carbons (Fsp3) is 0.935. The topological polar surface area (TPSA) is 229 Å². The van der Waals surface area contributed by atoms with E-state index < -0.39 is 35.8 Å². The molecule has 0 aromatic carbocycles. The van der Waals surface area contributed by atoms with Crippen LogP contribution in [0.5, 0.6) is 0 Å². The first-order valence-electron chi connectivity index (χ1n) is 53.7. The minimum absolute atomic E-state index is 0. The number of carboxylic acid groups (broad SMARTS) is 6. The summed E-state index contributed by atoms with van der Waals surface area (Å²) in [5.74, 6) is -4.42. The van der Waals surface area contributed by atoms with E-state index in [1.165, 1.54) is 494 Å². The Morgan fingerprint density at radius 1 is 0.157 bits per heavy atom. The fourth-order valence-corrected chi connectivity index (χ4v) is 15.7. The molecule has 0 spiro atoms. The van der Waals surface area contributed by atoms with Gasteiger partial charge in [-0.15, -0.1) is 0 Å². The van der Waals surface area contributed by atoms with Crippen molar-refractivity contribution in [3.05, 3.63) is 6.42 Å². The third kappa shape index (κ3) is 158. The molecule has 0 atom stereocenters. The van der Waals surface area contributed by atoms with Crippen LogP contribution in [0.25, 0.3) is 0 Å². The summed E-state index contributed by atoms with van der Waals surface area (Å²) in [5.41, 5.74) is 0. The summed E-state index contributed by atoms with van der Waals surface area (Å²) in [6.45, 7) is 13.6. The van der Waals surface area contributed by atoms with Gasteiger partial charge in [0.05, 0.1) is 0 Å². The third-order valence-electron chi connectivity index (χ3n) is 23.7. The number of carbonyl (C=O) groups excluding carboxylic acids is 2. The molecular formula is C108H213O12Zn-. The van der Waals surface area contributed by atoms with E-state index in [1.807, 2.05) is 0 Å². The summed E-state index contributed by atoms with van der Waals surface area (Å²) in [4.78, 5) is 61.8. The molecule has 0 aliphatic heterocycles. The molecule has 0 aromatic heterocycles. The predicted molar refractivity (Wildman–Crippen MR) is 518 cm³/mol. The maximum Gasteiger partial charge on any atom is 2.00 e. The van der Waals surface area contributed by atoms with E-state index in [4.69, 9.17) is 20.4 Å². The van der Waals surface area contributed by atoms with Crippen molar-refractivity contribution < 1.29 is 78.9 Å². The van der Waals surface area contributed by atoms with Crippen LogP contribution in [0, 0.1) is 6.42 Å². The fourth-order valence-electron chi connectivity index (χ4n) is 15.7. The van der Waals surface area contributed by atoms with Crippen molar-refractivity contribution in [2.24, 2.45) is 0 Å². The zero-order valence-electron chi connectivity index (χ0n) is 82.5. The second kappa shape index (κ2) is 128. The molecule has 0 bridgehead atoms. The smallest absolute Gasteiger partial charge is 0.550 e. The molecule has 13 heteroatoms. The molecule has 0 amide bonds. The summed E-state index contributed by atoms with van der Waals surface area (Å²) < 4.78 is 0. The molecule has 12 nitrogen and oxygen atoms in total. The van der Waals surface area contributed by atoms with Gasteiger partial charge in [0.2, 0.25) is 0 Å². The van der Waals surface area contributed by atoms with Gasteiger partial charge >= 0.3 is 43.4 Å². The van der Waals surface area contributed by atoms with Crippen molar-refractivity contribution in [2.45, 2.75) is 652 Å². The van der Waals surface area contributed by atoms with Crippen LogP contribution in [0.2, 0.25) is 0 Å². The second-order valence-electron chi connectivity index (χ2n) is 36.3. The van der Waals surface area contributed by atoms with E-state index in [0.29, 0.717) is 25.7 Å². The van der Waals surface area contributed by atoms with Crippen molar-refractivity contribution in [1.29, 1.82) is 0 Å². The van der Waals surface area contributed by atoms with Gasteiger partial charge in [0.15, 0.2) is 0 Å². The number of unbranched alkanes of at least 4 members (excludes halogenated alkanes) is 84. The van der Waals surface area contributed by atoms with Gasteiger partial charge in [0.1, 0.15) is 0 Å². The first-order chi connectivity index (χ1) is 58.6. The second-order valence-corrected chi connectivity index (χ2v) is 36.3. The Morgan fingerprint density at radius 3 is 0.372 bits per heavy atom. The Labute approximate surface area is 767 Å². The molecule has 0 saturated carbocycles. The molecule has 0 fully saturated rings. The van der Waals surface area contributed by atoms with Crippen molar-refractivity contribution in [3.8, 4) is 0 Å². The molecule has 0 saturated heterocycles. The summed E-state index contributed by atoms with van der Waals surface area (Å²) in [7, 11) is 0. The first-order valence-corrected chi connectivity index (χ1v) is 53.7. The average Bonchev–Trinajstić information content (AvgIpc) is 1.37. The third-order valence-corrected chi connectivity index (χ3v) is 23.7. The molecule has 0 heterocycles. The maximum atomic E-state index is 10.3. The minimum atomic E-state index is -0.905. The molecule has 0 aromatic rings. The summed E-state index contributed by atoms with van der Waals surface area (Å²) in [6.07, 6.45) is 121. The Morgan fingerprint density at radius 2 is 0.264 bits per heavy atom. The van der Waals surface area contributed by atoms with Crippen LogP contribution < -0.4 is 10.2 Å². The van der Waals surface area contributed by atoms with E-state index in [2.05, 4.69) is 48.0 Å². The van der Waals surface area contributed by atoms with Gasteiger partial charge in [0.25, 0.3) is 0 Å². The molecule has 0 unspecified atom stereocenters. The van der Waals surface area contributed by atoms with Crippen molar-refractivity contribution >= 4 is 35.8 Å². The van der Waals surface area contributed by atoms with E-state index in [9.17, 15) is 39.0 Å². The van der Waals surface area contributed by atoms with Crippen LogP contribution in [0.1, 0.15) is 652 Å². The Kier molecular flexibility index (Phi) is 139. The van der Waals surface area contributed by atoms with E-state index in [1.54, 1.807) is 0 Å². The normalized spacial score (nSPS) is 10.8. The number of carbonyl (C=O) groups is 6. The Balaban J connectivity index is -0.000000257. The van der Waals surface area contributed by atoms with Gasteiger partial charge in [-0.3, -0.25) is 19.2 Å². The average molecular weight is 1770 g/mol. The van der Waals surface area contributed by atoms with Crippen LogP contribution in [0.4, 0.5) is 0 Å². The quantitative estimate of drug-likeness (QED) is 0.0253. The monoisotopic (exact) mass is 1770 g/mol. The standard InChI is InChI=1S/5C18H36O2.C18H35O2.Zn/c6*1-2-3-4-5-6-7-8-9-10-11-12-13-14-15-16-17-18(19)20;/h5*2-17H2,1H3,(H,19,20);4H,2-3,5-17H2,1H3,(H,19,20);/q;;;;;-1;+2/p-2. The number of hydrogen-bond donors (Lipinski definition) is 4. The number of aliphatic carboxylic acids is 6. The zero-order chi connectivity index (χ0) is 89.3. The van der Waals surface area contributed by atoms with Crippen molar-refractivity contribution in [3.63, 3.8) is 0 Å². The van der Waals surface area contributed by atoms with Crippen molar-refractivity contribution in [1.82, 2.24) is 0 Å². The van der Waals surface area contributed by atoms with E-state index in [-0.39, 0.29) is 32.3 Å². The van der Waals surface area contributed by atoms with Gasteiger partial charge in [-0.25, -0.2) is 0 Å². The van der Waals surface area contributed by atoms with Gasteiger partial charge in [-0.1, -0.05) is 562 Å². The molecule has 0 aliphatic carbocycles. The minimum Gasteiger partial charge on any atom is -0.550 e. The van der Waals surface area contributed by atoms with Gasteiger partial charge in [-0.2, -0.15) is 12.8 Å². The SMILES string of the molecule is CCCCCCCCCCCCCCCCCC(=O)O.CCCCCCCCCCCCCCCCCC(=O)O.CCCCCCCCCCCCCCCCCC(=O)O.CCCCCCCCCCCCCCCCCC(=O)O.CCCCCCCCCCCCCCCCCC(=O)[O-].CCC[CH-]CCCCCCCCCCCCCC(=O)[O-].[Zn+2]. The molecule has 0 rings (SSSR count). The van der Waals surface area contributed by atoms with Crippen LogP contribution in [0.3, 0.4) is 0 Å². The van der Waals surface area contributed by atoms with Crippen LogP contribution >= 0.6 is 0 Å². The maximum absolute atomic E-state index is 10.3. The Bertz CT molecular complexity index is 1560. The molecule has 720 valence electrons. The molecule has 121 heavy (non-hydrogen) atoms. The zero-order valence-corrected chi connectivity index (χ0v) is 85.5. The first kappa shape index (κ1) is 132. The van der Waals surface area contributed by atoms with Crippen LogP contribution in [-0.4, -0.2) is 56.2 Å². The van der Waals surface area contributed by atoms with E-state index >= 15 is 0 Å². The van der Waals surface area contributed by atoms with E-state index in [0.717, 1.165) is 77.0 Å². The van der Waals surface area contributed by atoms with Crippen LogP contribution in [0.15, 0.2) is 0 Å². The summed E-state index contributed by atoms with van der Waals surface area (Å²) >= 11 is 0. The molecular weight excluding hydrogens is 1550 g/mol. The molecule has 4 N–H and O–H groups in total.